The van der Waals surface area contributed by atoms with Crippen molar-refractivity contribution in [3.05, 3.63) is 12.2 Å². The van der Waals surface area contributed by atoms with Crippen molar-refractivity contribution in [3.8, 4) is 0 Å². The summed E-state index contributed by atoms with van der Waals surface area (Å²) in [4.78, 5) is 18.1. The number of piperidine rings is 1. The molecule has 100 valence electrons. The van der Waals surface area contributed by atoms with Gasteiger partial charge in [0, 0.05) is 18.6 Å². The van der Waals surface area contributed by atoms with E-state index in [1.807, 2.05) is 18.7 Å². The van der Waals surface area contributed by atoms with Gasteiger partial charge in [0.05, 0.1) is 0 Å². The number of nitrogens with one attached hydrogen (secondary N) is 2. The fraction of sp³-hybridized carbons (Fsp3) is 0.750. The number of hydrogen-bond donors (Lipinski definition) is 2. The second kappa shape index (κ2) is 5.95. The van der Waals surface area contributed by atoms with Crippen LogP contribution in [0.3, 0.4) is 0 Å². The first-order chi connectivity index (χ1) is 8.68. The zero-order valence-corrected chi connectivity index (χ0v) is 11.0. The lowest BCUT2D eigenvalue weighted by molar-refractivity contribution is 0.0664. The van der Waals surface area contributed by atoms with Crippen molar-refractivity contribution in [2.24, 2.45) is 0 Å². The van der Waals surface area contributed by atoms with E-state index < -0.39 is 0 Å². The maximum atomic E-state index is 12.3. The van der Waals surface area contributed by atoms with E-state index in [0.717, 1.165) is 19.5 Å². The largest absolute Gasteiger partial charge is 0.332 e. The van der Waals surface area contributed by atoms with E-state index in [2.05, 4.69) is 20.5 Å². The average Bonchev–Trinajstić information content (AvgIpc) is 2.90. The predicted molar refractivity (Wildman–Crippen MR) is 68.2 cm³/mol. The van der Waals surface area contributed by atoms with Crippen molar-refractivity contribution in [2.75, 3.05) is 13.1 Å². The Morgan fingerprint density at radius 3 is 2.94 bits per heavy atom. The number of amides is 1. The first-order valence-electron chi connectivity index (χ1n) is 6.58. The van der Waals surface area contributed by atoms with Crippen molar-refractivity contribution in [1.82, 2.24) is 25.4 Å². The van der Waals surface area contributed by atoms with Crippen LogP contribution in [0.25, 0.3) is 0 Å². The maximum Gasteiger partial charge on any atom is 0.291 e. The summed E-state index contributed by atoms with van der Waals surface area (Å²) in [5.41, 5.74) is 0. The second-order valence-corrected chi connectivity index (χ2v) is 5.03. The molecule has 2 rings (SSSR count). The molecule has 1 fully saturated rings. The van der Waals surface area contributed by atoms with Crippen LogP contribution in [0.2, 0.25) is 0 Å². The van der Waals surface area contributed by atoms with Crippen LogP contribution in [0.4, 0.5) is 0 Å². The van der Waals surface area contributed by atoms with Crippen LogP contribution in [0, 0.1) is 0 Å². The summed E-state index contributed by atoms with van der Waals surface area (Å²) < 4.78 is 0. The Bertz CT molecular complexity index is 370. The second-order valence-electron chi connectivity index (χ2n) is 5.03. The highest BCUT2D eigenvalue weighted by atomic mass is 16.2. The molecule has 0 aromatic carbocycles. The molecule has 1 aliphatic rings. The third-order valence-electron chi connectivity index (χ3n) is 3.33. The van der Waals surface area contributed by atoms with Crippen molar-refractivity contribution < 1.29 is 4.79 Å². The van der Waals surface area contributed by atoms with Gasteiger partial charge < -0.3 is 10.2 Å². The molecular weight excluding hydrogens is 230 g/mol. The summed E-state index contributed by atoms with van der Waals surface area (Å²) in [5, 5.41) is 9.83. The van der Waals surface area contributed by atoms with Gasteiger partial charge in [-0.1, -0.05) is 6.42 Å². The average molecular weight is 251 g/mol. The molecule has 18 heavy (non-hydrogen) atoms. The van der Waals surface area contributed by atoms with Crippen LogP contribution in [-0.2, 0) is 0 Å². The first kappa shape index (κ1) is 13.0. The smallest absolute Gasteiger partial charge is 0.291 e. The van der Waals surface area contributed by atoms with Crippen molar-refractivity contribution in [3.63, 3.8) is 0 Å². The number of aromatic nitrogens is 3. The standard InChI is InChI=1S/C12H21N5O/c1-9(2)17(7-10-5-3-4-6-13-10)12(18)11-14-8-15-16-11/h8-10,13H,3-7H2,1-2H3,(H,14,15,16). The zero-order chi connectivity index (χ0) is 13.0. The van der Waals surface area contributed by atoms with Crippen LogP contribution in [0.1, 0.15) is 43.7 Å². The van der Waals surface area contributed by atoms with Crippen molar-refractivity contribution >= 4 is 5.91 Å². The normalized spacial score (nSPS) is 20.1. The van der Waals surface area contributed by atoms with Crippen LogP contribution in [0.5, 0.6) is 0 Å². The Balaban J connectivity index is 2.01. The Labute approximate surface area is 107 Å². The van der Waals surface area contributed by atoms with Gasteiger partial charge in [0.15, 0.2) is 0 Å². The number of hydrogen-bond acceptors (Lipinski definition) is 4. The molecule has 1 aromatic rings. The Morgan fingerprint density at radius 1 is 1.56 bits per heavy atom. The number of nitrogens with zero attached hydrogens (tertiary/aromatic N) is 3. The molecule has 6 heteroatoms. The minimum Gasteiger partial charge on any atom is -0.332 e. The SMILES string of the molecule is CC(C)N(CC1CCCCN1)C(=O)c1ncn[nH]1. The van der Waals surface area contributed by atoms with E-state index in [9.17, 15) is 4.79 Å². The monoisotopic (exact) mass is 251 g/mol. The fourth-order valence-corrected chi connectivity index (χ4v) is 2.29. The van der Waals surface area contributed by atoms with Gasteiger partial charge in [-0.2, -0.15) is 5.10 Å². The van der Waals surface area contributed by atoms with Gasteiger partial charge in [-0.05, 0) is 33.2 Å². The van der Waals surface area contributed by atoms with E-state index in [1.165, 1.54) is 19.2 Å². The molecule has 0 aliphatic carbocycles. The van der Waals surface area contributed by atoms with Crippen molar-refractivity contribution in [2.45, 2.75) is 45.2 Å². The van der Waals surface area contributed by atoms with Crippen LogP contribution in [-0.4, -0.2) is 51.2 Å². The Kier molecular flexibility index (Phi) is 4.30. The summed E-state index contributed by atoms with van der Waals surface area (Å²) in [6.07, 6.45) is 4.96. The van der Waals surface area contributed by atoms with Crippen molar-refractivity contribution in [1.29, 1.82) is 0 Å². The molecule has 1 atom stereocenters. The lowest BCUT2D eigenvalue weighted by atomic mass is 10.0. The fourth-order valence-electron chi connectivity index (χ4n) is 2.29. The van der Waals surface area contributed by atoms with Gasteiger partial charge in [0.1, 0.15) is 6.33 Å². The topological polar surface area (TPSA) is 73.9 Å². The zero-order valence-electron chi connectivity index (χ0n) is 11.0. The summed E-state index contributed by atoms with van der Waals surface area (Å²) in [7, 11) is 0. The van der Waals surface area contributed by atoms with Gasteiger partial charge in [-0.15, -0.1) is 0 Å². The number of rotatable bonds is 4. The van der Waals surface area contributed by atoms with Crippen LogP contribution >= 0.6 is 0 Å². The number of aromatic amines is 1. The molecule has 6 nitrogen and oxygen atoms in total. The number of H-pyrrole nitrogens is 1. The molecule has 1 aromatic heterocycles. The van der Waals surface area contributed by atoms with E-state index in [4.69, 9.17) is 0 Å². The minimum atomic E-state index is -0.0742. The highest BCUT2D eigenvalue weighted by Crippen LogP contribution is 2.12. The molecular formula is C12H21N5O. The highest BCUT2D eigenvalue weighted by molar-refractivity contribution is 5.90. The molecule has 2 heterocycles. The Morgan fingerprint density at radius 2 is 2.39 bits per heavy atom. The molecule has 0 radical (unpaired) electrons. The van der Waals surface area contributed by atoms with Gasteiger partial charge in [0.2, 0.25) is 5.82 Å². The van der Waals surface area contributed by atoms with Crippen LogP contribution < -0.4 is 5.32 Å². The van der Waals surface area contributed by atoms with E-state index >= 15 is 0 Å². The molecule has 1 aliphatic heterocycles. The Hall–Kier alpha value is -1.43. The van der Waals surface area contributed by atoms with Gasteiger partial charge >= 0.3 is 0 Å². The molecule has 1 unspecified atom stereocenters. The summed E-state index contributed by atoms with van der Waals surface area (Å²) in [6.45, 7) is 5.83. The maximum absolute atomic E-state index is 12.3. The third kappa shape index (κ3) is 3.07. The lowest BCUT2D eigenvalue weighted by Gasteiger charge is -2.32. The van der Waals surface area contributed by atoms with E-state index in [-0.39, 0.29) is 11.9 Å². The van der Waals surface area contributed by atoms with Crippen LogP contribution in [0.15, 0.2) is 6.33 Å². The first-order valence-corrected chi connectivity index (χ1v) is 6.58. The lowest BCUT2D eigenvalue weighted by Crippen LogP contribution is -2.48. The molecule has 1 saturated heterocycles. The summed E-state index contributed by atoms with van der Waals surface area (Å²) in [6, 6.07) is 0.555. The number of carbonyl (C=O) groups is 1. The van der Waals surface area contributed by atoms with Gasteiger partial charge in [0.25, 0.3) is 5.91 Å². The molecule has 1 amide bonds. The highest BCUT2D eigenvalue weighted by Gasteiger charge is 2.25. The molecule has 0 saturated carbocycles. The quantitative estimate of drug-likeness (QED) is 0.830. The van der Waals surface area contributed by atoms with E-state index in [0.29, 0.717) is 11.9 Å². The summed E-state index contributed by atoms with van der Waals surface area (Å²) >= 11 is 0. The van der Waals surface area contributed by atoms with E-state index in [1.54, 1.807) is 0 Å². The predicted octanol–water partition coefficient (Wildman–Crippen LogP) is 0.797. The molecule has 0 spiro atoms. The molecule has 0 bridgehead atoms. The number of carbonyl (C=O) groups excluding carboxylic acids is 1. The summed E-state index contributed by atoms with van der Waals surface area (Å²) in [5.74, 6) is 0.245. The minimum absolute atomic E-state index is 0.0742. The van der Waals surface area contributed by atoms with Gasteiger partial charge in [-0.25, -0.2) is 4.98 Å². The third-order valence-corrected chi connectivity index (χ3v) is 3.33. The van der Waals surface area contributed by atoms with Gasteiger partial charge in [-0.3, -0.25) is 9.89 Å². The molecule has 2 N–H and O–H groups in total.